The maximum atomic E-state index is 10.8. The van der Waals surface area contributed by atoms with E-state index in [4.69, 9.17) is 5.11 Å². The SMILES string of the molecule is C[C@H](C(=O)O)C1CCCCCCC1. The van der Waals surface area contributed by atoms with Crippen molar-refractivity contribution >= 4 is 5.97 Å². The lowest BCUT2D eigenvalue weighted by Crippen LogP contribution is -2.21. The molecule has 0 aromatic carbocycles. The fraction of sp³-hybridized carbons (Fsp3) is 0.909. The molecule has 1 atom stereocenters. The number of hydrogen-bond acceptors (Lipinski definition) is 1. The highest BCUT2D eigenvalue weighted by molar-refractivity contribution is 5.69. The lowest BCUT2D eigenvalue weighted by Gasteiger charge is -2.22. The zero-order valence-electron chi connectivity index (χ0n) is 8.46. The molecule has 1 saturated carbocycles. The van der Waals surface area contributed by atoms with E-state index in [9.17, 15) is 4.79 Å². The molecule has 1 aliphatic rings. The van der Waals surface area contributed by atoms with Gasteiger partial charge in [-0.05, 0) is 18.8 Å². The molecule has 0 amide bonds. The van der Waals surface area contributed by atoms with Crippen LogP contribution in [-0.2, 0) is 4.79 Å². The molecular formula is C11H20O2. The van der Waals surface area contributed by atoms with Gasteiger partial charge in [0.05, 0.1) is 5.92 Å². The van der Waals surface area contributed by atoms with Gasteiger partial charge < -0.3 is 5.11 Å². The molecule has 13 heavy (non-hydrogen) atoms. The van der Waals surface area contributed by atoms with Crippen LogP contribution < -0.4 is 0 Å². The third-order valence-electron chi connectivity index (χ3n) is 3.25. The third kappa shape index (κ3) is 3.37. The highest BCUT2D eigenvalue weighted by atomic mass is 16.4. The summed E-state index contributed by atoms with van der Waals surface area (Å²) in [7, 11) is 0. The standard InChI is InChI=1S/C11H20O2/c1-9(11(12)13)10-7-5-3-2-4-6-8-10/h9-10H,2-8H2,1H3,(H,12,13)/t9-/m0/s1. The smallest absolute Gasteiger partial charge is 0.306 e. The number of carboxylic acid groups (broad SMARTS) is 1. The van der Waals surface area contributed by atoms with Crippen molar-refractivity contribution in [2.45, 2.75) is 51.9 Å². The minimum atomic E-state index is -0.620. The Kier molecular flexibility index (Phi) is 4.26. The van der Waals surface area contributed by atoms with Gasteiger partial charge in [0.25, 0.3) is 0 Å². The van der Waals surface area contributed by atoms with Crippen molar-refractivity contribution in [1.29, 1.82) is 0 Å². The molecule has 1 rings (SSSR count). The molecule has 0 aromatic heterocycles. The molecule has 0 saturated heterocycles. The second-order valence-corrected chi connectivity index (χ2v) is 4.23. The molecule has 2 nitrogen and oxygen atoms in total. The summed E-state index contributed by atoms with van der Waals surface area (Å²) < 4.78 is 0. The van der Waals surface area contributed by atoms with Gasteiger partial charge in [0, 0.05) is 0 Å². The molecule has 2 heteroatoms. The van der Waals surface area contributed by atoms with Gasteiger partial charge >= 0.3 is 5.97 Å². The van der Waals surface area contributed by atoms with Crippen LogP contribution in [0.1, 0.15) is 51.9 Å². The summed E-state index contributed by atoms with van der Waals surface area (Å²) in [6.07, 6.45) is 8.62. The van der Waals surface area contributed by atoms with Crippen molar-refractivity contribution in [3.8, 4) is 0 Å². The zero-order valence-corrected chi connectivity index (χ0v) is 8.46. The molecule has 1 aliphatic carbocycles. The monoisotopic (exact) mass is 184 g/mol. The zero-order chi connectivity index (χ0) is 9.68. The minimum Gasteiger partial charge on any atom is -0.481 e. The van der Waals surface area contributed by atoms with Crippen LogP contribution in [0.15, 0.2) is 0 Å². The van der Waals surface area contributed by atoms with Crippen LogP contribution in [0.3, 0.4) is 0 Å². The van der Waals surface area contributed by atoms with Crippen molar-refractivity contribution < 1.29 is 9.90 Å². The molecule has 76 valence electrons. The second kappa shape index (κ2) is 5.25. The molecule has 1 N–H and O–H groups in total. The summed E-state index contributed by atoms with van der Waals surface area (Å²) in [5, 5.41) is 8.90. The van der Waals surface area contributed by atoms with E-state index >= 15 is 0 Å². The van der Waals surface area contributed by atoms with Crippen molar-refractivity contribution in [2.75, 3.05) is 0 Å². The Morgan fingerprint density at radius 3 is 2.08 bits per heavy atom. The molecule has 0 heterocycles. The van der Waals surface area contributed by atoms with Crippen molar-refractivity contribution in [1.82, 2.24) is 0 Å². The van der Waals surface area contributed by atoms with Crippen LogP contribution in [0, 0.1) is 11.8 Å². The quantitative estimate of drug-likeness (QED) is 0.716. The lowest BCUT2D eigenvalue weighted by molar-refractivity contribution is -0.143. The van der Waals surface area contributed by atoms with Gasteiger partial charge in [-0.1, -0.05) is 39.0 Å². The van der Waals surface area contributed by atoms with Gasteiger partial charge in [-0.25, -0.2) is 0 Å². The first-order valence-electron chi connectivity index (χ1n) is 5.44. The first-order chi connectivity index (χ1) is 6.22. The first-order valence-corrected chi connectivity index (χ1v) is 5.44. The molecule has 0 spiro atoms. The fourth-order valence-electron chi connectivity index (χ4n) is 2.19. The van der Waals surface area contributed by atoms with E-state index < -0.39 is 5.97 Å². The van der Waals surface area contributed by atoms with Crippen LogP contribution in [0.4, 0.5) is 0 Å². The van der Waals surface area contributed by atoms with E-state index in [1.54, 1.807) is 0 Å². The van der Waals surface area contributed by atoms with E-state index in [0.29, 0.717) is 5.92 Å². The Morgan fingerprint density at radius 1 is 1.15 bits per heavy atom. The van der Waals surface area contributed by atoms with E-state index in [0.717, 1.165) is 12.8 Å². The summed E-state index contributed by atoms with van der Waals surface area (Å²) in [4.78, 5) is 10.8. The van der Waals surface area contributed by atoms with Crippen molar-refractivity contribution in [3.63, 3.8) is 0 Å². The Bertz CT molecular complexity index is 157. The van der Waals surface area contributed by atoms with Gasteiger partial charge in [0.2, 0.25) is 0 Å². The van der Waals surface area contributed by atoms with Crippen LogP contribution in [-0.4, -0.2) is 11.1 Å². The second-order valence-electron chi connectivity index (χ2n) is 4.23. The minimum absolute atomic E-state index is 0.141. The van der Waals surface area contributed by atoms with Crippen molar-refractivity contribution in [3.05, 3.63) is 0 Å². The highest BCUT2D eigenvalue weighted by Gasteiger charge is 2.23. The molecule has 0 radical (unpaired) electrons. The van der Waals surface area contributed by atoms with E-state index in [1.807, 2.05) is 6.92 Å². The molecule has 1 fully saturated rings. The van der Waals surface area contributed by atoms with Gasteiger partial charge in [-0.3, -0.25) is 4.79 Å². The highest BCUT2D eigenvalue weighted by Crippen LogP contribution is 2.28. The van der Waals surface area contributed by atoms with Gasteiger partial charge in [0.15, 0.2) is 0 Å². The Hall–Kier alpha value is -0.530. The average molecular weight is 184 g/mol. The molecule has 0 aromatic rings. The Labute approximate surface area is 80.3 Å². The maximum Gasteiger partial charge on any atom is 0.306 e. The Balaban J connectivity index is 2.40. The number of aliphatic carboxylic acids is 1. The normalized spacial score (nSPS) is 23.2. The summed E-state index contributed by atoms with van der Waals surface area (Å²) in [6, 6.07) is 0. The number of carboxylic acids is 1. The number of carbonyl (C=O) groups is 1. The summed E-state index contributed by atoms with van der Waals surface area (Å²) in [6.45, 7) is 1.86. The molecule has 0 unspecified atom stereocenters. The number of rotatable bonds is 2. The first kappa shape index (κ1) is 10.6. The van der Waals surface area contributed by atoms with Crippen LogP contribution >= 0.6 is 0 Å². The third-order valence-corrected chi connectivity index (χ3v) is 3.25. The van der Waals surface area contributed by atoms with E-state index in [1.165, 1.54) is 32.1 Å². The Morgan fingerprint density at radius 2 is 1.62 bits per heavy atom. The molecule has 0 aliphatic heterocycles. The van der Waals surface area contributed by atoms with Crippen LogP contribution in [0.25, 0.3) is 0 Å². The van der Waals surface area contributed by atoms with Gasteiger partial charge in [-0.2, -0.15) is 0 Å². The summed E-state index contributed by atoms with van der Waals surface area (Å²) in [5.41, 5.74) is 0. The van der Waals surface area contributed by atoms with Gasteiger partial charge in [0.1, 0.15) is 0 Å². The topological polar surface area (TPSA) is 37.3 Å². The largest absolute Gasteiger partial charge is 0.481 e. The summed E-state index contributed by atoms with van der Waals surface area (Å²) in [5.74, 6) is -0.332. The van der Waals surface area contributed by atoms with Crippen LogP contribution in [0.5, 0.6) is 0 Å². The lowest BCUT2D eigenvalue weighted by atomic mass is 9.83. The van der Waals surface area contributed by atoms with Crippen LogP contribution in [0.2, 0.25) is 0 Å². The number of hydrogen-bond donors (Lipinski definition) is 1. The van der Waals surface area contributed by atoms with E-state index in [-0.39, 0.29) is 5.92 Å². The molecule has 0 bridgehead atoms. The van der Waals surface area contributed by atoms with Gasteiger partial charge in [-0.15, -0.1) is 0 Å². The fourth-order valence-corrected chi connectivity index (χ4v) is 2.19. The van der Waals surface area contributed by atoms with E-state index in [2.05, 4.69) is 0 Å². The predicted molar refractivity (Wildman–Crippen MR) is 52.6 cm³/mol. The van der Waals surface area contributed by atoms with Crippen molar-refractivity contribution in [2.24, 2.45) is 11.8 Å². The predicted octanol–water partition coefficient (Wildman–Crippen LogP) is 3.07. The average Bonchev–Trinajstić information content (AvgIpc) is 2.02. The summed E-state index contributed by atoms with van der Waals surface area (Å²) >= 11 is 0. The molecular weight excluding hydrogens is 164 g/mol. The maximum absolute atomic E-state index is 10.8.